The molecule has 4 heteroatoms. The van der Waals surface area contributed by atoms with E-state index in [1.807, 2.05) is 36.2 Å². The first-order chi connectivity index (χ1) is 9.63. The lowest BCUT2D eigenvalue weighted by molar-refractivity contribution is -0.132. The maximum atomic E-state index is 12.4. The van der Waals surface area contributed by atoms with Gasteiger partial charge in [-0.3, -0.25) is 4.79 Å². The minimum Gasteiger partial charge on any atom is -0.496 e. The Kier molecular flexibility index (Phi) is 5.01. The number of ether oxygens (including phenoxy) is 1. The molecule has 110 valence electrons. The molecule has 1 N–H and O–H groups in total. The van der Waals surface area contributed by atoms with Gasteiger partial charge in [-0.2, -0.15) is 0 Å². The molecule has 0 spiro atoms. The van der Waals surface area contributed by atoms with Crippen molar-refractivity contribution in [3.63, 3.8) is 0 Å². The molecule has 2 atom stereocenters. The third-order valence-corrected chi connectivity index (χ3v) is 4.13. The third-order valence-electron chi connectivity index (χ3n) is 4.13. The van der Waals surface area contributed by atoms with Crippen LogP contribution in [-0.4, -0.2) is 44.1 Å². The first-order valence-electron chi connectivity index (χ1n) is 7.22. The summed E-state index contributed by atoms with van der Waals surface area (Å²) in [6.07, 6.45) is 1.57. The number of nitrogens with zero attached hydrogens (tertiary/aromatic N) is 1. The van der Waals surface area contributed by atoms with Crippen LogP contribution in [0.2, 0.25) is 0 Å². The largest absolute Gasteiger partial charge is 0.496 e. The van der Waals surface area contributed by atoms with Gasteiger partial charge < -0.3 is 15.0 Å². The van der Waals surface area contributed by atoms with Crippen LogP contribution >= 0.6 is 0 Å². The molecule has 1 saturated heterocycles. The molecule has 0 saturated carbocycles. The Bertz CT molecular complexity index is 456. The number of rotatable bonds is 5. The predicted octanol–water partition coefficient (Wildman–Crippen LogP) is 2.01. The lowest BCUT2D eigenvalue weighted by atomic mass is 9.96. The van der Waals surface area contributed by atoms with Crippen molar-refractivity contribution in [3.05, 3.63) is 29.8 Å². The molecule has 0 aliphatic carbocycles. The quantitative estimate of drug-likeness (QED) is 0.894. The van der Waals surface area contributed by atoms with E-state index >= 15 is 0 Å². The van der Waals surface area contributed by atoms with Crippen molar-refractivity contribution < 1.29 is 9.53 Å². The zero-order chi connectivity index (χ0) is 14.5. The molecule has 1 fully saturated rings. The van der Waals surface area contributed by atoms with E-state index in [4.69, 9.17) is 4.74 Å². The molecule has 2 rings (SSSR count). The first-order valence-corrected chi connectivity index (χ1v) is 7.22. The van der Waals surface area contributed by atoms with Gasteiger partial charge in [0.25, 0.3) is 0 Å². The first kappa shape index (κ1) is 14.9. The second-order valence-corrected chi connectivity index (χ2v) is 5.50. The van der Waals surface area contributed by atoms with Crippen molar-refractivity contribution in [3.8, 4) is 5.75 Å². The number of hydrogen-bond donors (Lipinski definition) is 1. The number of carbonyl (C=O) groups excluding carboxylic acids is 1. The Balaban J connectivity index is 1.99. The minimum absolute atomic E-state index is 0.162. The molecule has 20 heavy (non-hydrogen) atoms. The standard InChI is InChI=1S/C16H24N2O2/c1-12(14-6-4-5-7-15(14)20-3)10-16(19)18(2)13-8-9-17-11-13/h4-7,12-13,17H,8-11H2,1-3H3. The molecule has 0 radical (unpaired) electrons. The normalized spacial score (nSPS) is 19.6. The second kappa shape index (κ2) is 6.75. The van der Waals surface area contributed by atoms with Gasteiger partial charge >= 0.3 is 0 Å². The van der Waals surface area contributed by atoms with Gasteiger partial charge in [-0.1, -0.05) is 25.1 Å². The van der Waals surface area contributed by atoms with Crippen LogP contribution in [0.3, 0.4) is 0 Å². The predicted molar refractivity (Wildman–Crippen MR) is 80.1 cm³/mol. The second-order valence-electron chi connectivity index (χ2n) is 5.50. The van der Waals surface area contributed by atoms with E-state index in [9.17, 15) is 4.79 Å². The van der Waals surface area contributed by atoms with Crippen molar-refractivity contribution in [1.29, 1.82) is 0 Å². The van der Waals surface area contributed by atoms with E-state index < -0.39 is 0 Å². The smallest absolute Gasteiger partial charge is 0.223 e. The summed E-state index contributed by atoms with van der Waals surface area (Å²) in [5.74, 6) is 1.23. The fourth-order valence-electron chi connectivity index (χ4n) is 2.76. The van der Waals surface area contributed by atoms with Gasteiger partial charge in [-0.05, 0) is 30.5 Å². The fourth-order valence-corrected chi connectivity index (χ4v) is 2.76. The maximum Gasteiger partial charge on any atom is 0.223 e. The lowest BCUT2D eigenvalue weighted by Gasteiger charge is -2.25. The van der Waals surface area contributed by atoms with E-state index in [1.54, 1.807) is 7.11 Å². The van der Waals surface area contributed by atoms with E-state index in [0.717, 1.165) is 30.8 Å². The van der Waals surface area contributed by atoms with Gasteiger partial charge in [0.1, 0.15) is 5.75 Å². The maximum absolute atomic E-state index is 12.4. The van der Waals surface area contributed by atoms with Gasteiger partial charge in [0.15, 0.2) is 0 Å². The number of methoxy groups -OCH3 is 1. The van der Waals surface area contributed by atoms with Crippen molar-refractivity contribution in [2.45, 2.75) is 31.7 Å². The van der Waals surface area contributed by atoms with Crippen LogP contribution in [0, 0.1) is 0 Å². The summed E-state index contributed by atoms with van der Waals surface area (Å²) < 4.78 is 5.37. The minimum atomic E-state index is 0.162. The molecule has 1 aromatic rings. The number of hydrogen-bond acceptors (Lipinski definition) is 3. The van der Waals surface area contributed by atoms with Gasteiger partial charge in [0.2, 0.25) is 5.91 Å². The highest BCUT2D eigenvalue weighted by Gasteiger charge is 2.25. The van der Waals surface area contributed by atoms with E-state index in [0.29, 0.717) is 12.5 Å². The van der Waals surface area contributed by atoms with Gasteiger partial charge in [0.05, 0.1) is 7.11 Å². The Hall–Kier alpha value is -1.55. The molecule has 1 aliphatic heterocycles. The van der Waals surface area contributed by atoms with E-state index in [2.05, 4.69) is 12.2 Å². The number of benzene rings is 1. The average Bonchev–Trinajstić information content (AvgIpc) is 3.00. The van der Waals surface area contributed by atoms with Gasteiger partial charge in [-0.25, -0.2) is 0 Å². The van der Waals surface area contributed by atoms with E-state index in [1.165, 1.54) is 0 Å². The summed E-state index contributed by atoms with van der Waals surface area (Å²) >= 11 is 0. The molecule has 0 bridgehead atoms. The molecule has 1 aliphatic rings. The average molecular weight is 276 g/mol. The number of nitrogens with one attached hydrogen (secondary N) is 1. The highest BCUT2D eigenvalue weighted by atomic mass is 16.5. The Labute approximate surface area is 121 Å². The zero-order valence-corrected chi connectivity index (χ0v) is 12.6. The van der Waals surface area contributed by atoms with Crippen LogP contribution in [0.1, 0.15) is 31.2 Å². The number of carbonyl (C=O) groups is 1. The molecule has 4 nitrogen and oxygen atoms in total. The summed E-state index contributed by atoms with van der Waals surface area (Å²) in [5, 5.41) is 3.30. The molecule has 1 heterocycles. The van der Waals surface area contributed by atoms with Crippen LogP contribution in [0.4, 0.5) is 0 Å². The topological polar surface area (TPSA) is 41.6 Å². The Morgan fingerprint density at radius 2 is 2.25 bits per heavy atom. The van der Waals surface area contributed by atoms with Crippen LogP contribution in [-0.2, 0) is 4.79 Å². The van der Waals surface area contributed by atoms with E-state index in [-0.39, 0.29) is 11.8 Å². The van der Waals surface area contributed by atoms with Crippen LogP contribution in [0.25, 0.3) is 0 Å². The van der Waals surface area contributed by atoms with Crippen LogP contribution < -0.4 is 10.1 Å². The van der Waals surface area contributed by atoms with Crippen molar-refractivity contribution in [2.75, 3.05) is 27.2 Å². The van der Waals surface area contributed by atoms with Crippen molar-refractivity contribution in [2.24, 2.45) is 0 Å². The zero-order valence-electron chi connectivity index (χ0n) is 12.6. The van der Waals surface area contributed by atoms with Gasteiger partial charge in [-0.15, -0.1) is 0 Å². The van der Waals surface area contributed by atoms with Crippen molar-refractivity contribution in [1.82, 2.24) is 10.2 Å². The monoisotopic (exact) mass is 276 g/mol. The Morgan fingerprint density at radius 3 is 2.90 bits per heavy atom. The number of likely N-dealkylation sites (N-methyl/N-ethyl adjacent to an activating group) is 1. The highest BCUT2D eigenvalue weighted by molar-refractivity contribution is 5.77. The Morgan fingerprint density at radius 1 is 1.50 bits per heavy atom. The molecule has 1 aromatic carbocycles. The molecule has 1 amide bonds. The lowest BCUT2D eigenvalue weighted by Crippen LogP contribution is -2.38. The van der Waals surface area contributed by atoms with Crippen LogP contribution in [0.15, 0.2) is 24.3 Å². The highest BCUT2D eigenvalue weighted by Crippen LogP contribution is 2.29. The summed E-state index contributed by atoms with van der Waals surface area (Å²) in [4.78, 5) is 14.3. The molecular weight excluding hydrogens is 252 g/mol. The van der Waals surface area contributed by atoms with Gasteiger partial charge in [0, 0.05) is 26.1 Å². The fraction of sp³-hybridized carbons (Fsp3) is 0.562. The summed E-state index contributed by atoms with van der Waals surface area (Å²) in [7, 11) is 3.58. The molecular formula is C16H24N2O2. The van der Waals surface area contributed by atoms with Crippen molar-refractivity contribution >= 4 is 5.91 Å². The number of para-hydroxylation sites is 1. The molecule has 0 aromatic heterocycles. The summed E-state index contributed by atoms with van der Waals surface area (Å²) in [6, 6.07) is 8.26. The summed E-state index contributed by atoms with van der Waals surface area (Å²) in [6.45, 7) is 3.99. The summed E-state index contributed by atoms with van der Waals surface area (Å²) in [5.41, 5.74) is 1.10. The molecule has 2 unspecified atom stereocenters. The SMILES string of the molecule is COc1ccccc1C(C)CC(=O)N(C)C1CCNC1. The number of amides is 1. The van der Waals surface area contributed by atoms with Crippen LogP contribution in [0.5, 0.6) is 5.75 Å². The third kappa shape index (κ3) is 3.31.